The van der Waals surface area contributed by atoms with Gasteiger partial charge in [-0.25, -0.2) is 13.8 Å². The van der Waals surface area contributed by atoms with Gasteiger partial charge in [0, 0.05) is 42.8 Å². The largest absolute Gasteiger partial charge is 0.372 e. The van der Waals surface area contributed by atoms with Crippen LogP contribution in [0.25, 0.3) is 11.3 Å². The third kappa shape index (κ3) is 5.29. The SMILES string of the molecule is CCc1cc(N2CCC(C)CC2)ccc1-c1csc(CNCC2(C)Cc3cc(F)c(F)cc3C2)n1. The zero-order chi connectivity index (χ0) is 24.6. The van der Waals surface area contributed by atoms with Gasteiger partial charge >= 0.3 is 0 Å². The molecule has 0 atom stereocenters. The van der Waals surface area contributed by atoms with Gasteiger partial charge < -0.3 is 10.2 Å². The Morgan fingerprint density at radius 2 is 1.77 bits per heavy atom. The van der Waals surface area contributed by atoms with Gasteiger partial charge in [0.25, 0.3) is 0 Å². The number of hydrogen-bond acceptors (Lipinski definition) is 4. The molecule has 6 heteroatoms. The van der Waals surface area contributed by atoms with Gasteiger partial charge in [-0.05, 0) is 84.4 Å². The van der Waals surface area contributed by atoms with Gasteiger partial charge in [-0.2, -0.15) is 0 Å². The maximum atomic E-state index is 13.6. The summed E-state index contributed by atoms with van der Waals surface area (Å²) in [7, 11) is 0. The molecule has 1 aromatic heterocycles. The van der Waals surface area contributed by atoms with Crippen molar-refractivity contribution >= 4 is 17.0 Å². The molecule has 0 bridgehead atoms. The zero-order valence-electron chi connectivity index (χ0n) is 21.0. The van der Waals surface area contributed by atoms with Crippen molar-refractivity contribution in [1.82, 2.24) is 10.3 Å². The summed E-state index contributed by atoms with van der Waals surface area (Å²) in [4.78, 5) is 7.45. The highest BCUT2D eigenvalue weighted by atomic mass is 32.1. The fourth-order valence-electron chi connectivity index (χ4n) is 5.64. The van der Waals surface area contributed by atoms with Crippen molar-refractivity contribution in [2.45, 2.75) is 59.4 Å². The van der Waals surface area contributed by atoms with E-state index in [1.165, 1.54) is 41.8 Å². The van der Waals surface area contributed by atoms with E-state index in [2.05, 4.69) is 54.6 Å². The molecule has 1 saturated heterocycles. The first-order chi connectivity index (χ1) is 16.8. The van der Waals surface area contributed by atoms with E-state index >= 15 is 0 Å². The predicted molar refractivity (Wildman–Crippen MR) is 141 cm³/mol. The van der Waals surface area contributed by atoms with Crippen LogP contribution < -0.4 is 10.2 Å². The number of thiazole rings is 1. The van der Waals surface area contributed by atoms with E-state index in [9.17, 15) is 8.78 Å². The van der Waals surface area contributed by atoms with Crippen molar-refractivity contribution in [2.24, 2.45) is 11.3 Å². The normalized spacial score (nSPS) is 17.7. The third-order valence-corrected chi connectivity index (χ3v) is 8.60. The third-order valence-electron chi connectivity index (χ3n) is 7.75. The first-order valence-corrected chi connectivity index (χ1v) is 13.7. The molecule has 2 heterocycles. The molecule has 0 saturated carbocycles. The van der Waals surface area contributed by atoms with Crippen LogP contribution >= 0.6 is 11.3 Å². The molecule has 0 radical (unpaired) electrons. The highest BCUT2D eigenvalue weighted by molar-refractivity contribution is 7.09. The smallest absolute Gasteiger partial charge is 0.159 e. The number of aryl methyl sites for hydroxylation is 1. The lowest BCUT2D eigenvalue weighted by Crippen LogP contribution is -2.32. The summed E-state index contributed by atoms with van der Waals surface area (Å²) >= 11 is 1.69. The van der Waals surface area contributed by atoms with Crippen molar-refractivity contribution in [1.29, 1.82) is 0 Å². The topological polar surface area (TPSA) is 28.2 Å². The van der Waals surface area contributed by atoms with Gasteiger partial charge in [-0.15, -0.1) is 11.3 Å². The fourth-order valence-corrected chi connectivity index (χ4v) is 6.40. The van der Waals surface area contributed by atoms with Gasteiger partial charge in [0.1, 0.15) is 5.01 Å². The van der Waals surface area contributed by atoms with Crippen LogP contribution in [0.1, 0.15) is 55.3 Å². The molecule has 2 aliphatic rings. The molecule has 1 aliphatic carbocycles. The van der Waals surface area contributed by atoms with Crippen LogP contribution in [0.2, 0.25) is 0 Å². The molecular formula is C29H35F2N3S. The number of benzene rings is 2. The summed E-state index contributed by atoms with van der Waals surface area (Å²) in [5.41, 5.74) is 6.78. The van der Waals surface area contributed by atoms with Crippen molar-refractivity contribution in [3.05, 3.63) is 69.0 Å². The second-order valence-corrected chi connectivity index (χ2v) is 11.7. The quantitative estimate of drug-likeness (QED) is 0.392. The number of rotatable bonds is 7. The zero-order valence-corrected chi connectivity index (χ0v) is 21.8. The average molecular weight is 496 g/mol. The summed E-state index contributed by atoms with van der Waals surface area (Å²) in [6, 6.07) is 9.59. The van der Waals surface area contributed by atoms with Crippen molar-refractivity contribution < 1.29 is 8.78 Å². The molecule has 2 aromatic carbocycles. The van der Waals surface area contributed by atoms with Crippen molar-refractivity contribution in [3.63, 3.8) is 0 Å². The van der Waals surface area contributed by atoms with E-state index in [1.54, 1.807) is 11.3 Å². The van der Waals surface area contributed by atoms with Crippen LogP contribution in [0, 0.1) is 23.0 Å². The van der Waals surface area contributed by atoms with E-state index in [4.69, 9.17) is 4.98 Å². The number of fused-ring (bicyclic) bond motifs is 1. The molecule has 0 unspecified atom stereocenters. The number of aromatic nitrogens is 1. The Morgan fingerprint density at radius 3 is 2.43 bits per heavy atom. The number of halogens is 2. The monoisotopic (exact) mass is 495 g/mol. The van der Waals surface area contributed by atoms with E-state index in [0.29, 0.717) is 6.54 Å². The van der Waals surface area contributed by atoms with Crippen molar-refractivity contribution in [2.75, 3.05) is 24.5 Å². The number of nitrogens with zero attached hydrogens (tertiary/aromatic N) is 2. The molecular weight excluding hydrogens is 460 g/mol. The number of anilines is 1. The minimum atomic E-state index is -0.749. The first-order valence-electron chi connectivity index (χ1n) is 12.8. The van der Waals surface area contributed by atoms with E-state index in [1.807, 2.05) is 0 Å². The Kier molecular flexibility index (Phi) is 6.95. The van der Waals surface area contributed by atoms with E-state index in [-0.39, 0.29) is 5.41 Å². The summed E-state index contributed by atoms with van der Waals surface area (Å²) in [5, 5.41) is 6.77. The van der Waals surface area contributed by atoms with Gasteiger partial charge in [0.15, 0.2) is 11.6 Å². The van der Waals surface area contributed by atoms with Gasteiger partial charge in [-0.1, -0.05) is 26.8 Å². The molecule has 1 aliphatic heterocycles. The van der Waals surface area contributed by atoms with Crippen LogP contribution in [0.5, 0.6) is 0 Å². The van der Waals surface area contributed by atoms with Crippen molar-refractivity contribution in [3.8, 4) is 11.3 Å². The van der Waals surface area contributed by atoms with Crippen LogP contribution in [0.3, 0.4) is 0 Å². The van der Waals surface area contributed by atoms with Gasteiger partial charge in [0.2, 0.25) is 0 Å². The maximum Gasteiger partial charge on any atom is 0.159 e. The lowest BCUT2D eigenvalue weighted by Gasteiger charge is -2.32. The average Bonchev–Trinajstić information content (AvgIpc) is 3.43. The Bertz CT molecular complexity index is 1170. The maximum absolute atomic E-state index is 13.6. The molecule has 3 nitrogen and oxygen atoms in total. The predicted octanol–water partition coefficient (Wildman–Crippen LogP) is 6.78. The summed E-state index contributed by atoms with van der Waals surface area (Å²) in [6.45, 7) is 10.5. The summed E-state index contributed by atoms with van der Waals surface area (Å²) in [5.74, 6) is -0.668. The van der Waals surface area contributed by atoms with Gasteiger partial charge in [0.05, 0.1) is 5.69 Å². The molecule has 1 fully saturated rings. The minimum absolute atomic E-state index is 0.0416. The molecule has 1 N–H and O–H groups in total. The van der Waals surface area contributed by atoms with Crippen LogP contribution in [0.4, 0.5) is 14.5 Å². The van der Waals surface area contributed by atoms with Crippen LogP contribution in [-0.4, -0.2) is 24.6 Å². The molecule has 0 amide bonds. The molecule has 186 valence electrons. The Hall–Kier alpha value is -2.31. The summed E-state index contributed by atoms with van der Waals surface area (Å²) in [6.07, 6.45) is 5.04. The molecule has 35 heavy (non-hydrogen) atoms. The minimum Gasteiger partial charge on any atom is -0.372 e. The fraction of sp³-hybridized carbons (Fsp3) is 0.483. The highest BCUT2D eigenvalue weighted by Gasteiger charge is 2.33. The first kappa shape index (κ1) is 24.4. The van der Waals surface area contributed by atoms with E-state index in [0.717, 1.165) is 66.6 Å². The van der Waals surface area contributed by atoms with Crippen LogP contribution in [0.15, 0.2) is 35.7 Å². The van der Waals surface area contributed by atoms with E-state index < -0.39 is 11.6 Å². The van der Waals surface area contributed by atoms with Crippen LogP contribution in [-0.2, 0) is 25.8 Å². The number of piperidine rings is 1. The Balaban J connectivity index is 1.21. The Labute approximate surface area is 211 Å². The summed E-state index contributed by atoms with van der Waals surface area (Å²) < 4.78 is 27.3. The molecule has 3 aromatic rings. The second kappa shape index (κ2) is 9.98. The number of nitrogens with one attached hydrogen (secondary N) is 1. The van der Waals surface area contributed by atoms with Gasteiger partial charge in [-0.3, -0.25) is 0 Å². The molecule has 5 rings (SSSR count). The lowest BCUT2D eigenvalue weighted by atomic mass is 9.87. The molecule has 0 spiro atoms. The highest BCUT2D eigenvalue weighted by Crippen LogP contribution is 2.37. The Morgan fingerprint density at radius 1 is 1.09 bits per heavy atom. The second-order valence-electron chi connectivity index (χ2n) is 10.8. The number of hydrogen-bond donors (Lipinski definition) is 1. The lowest BCUT2D eigenvalue weighted by molar-refractivity contribution is 0.322. The standard InChI is InChI=1S/C29H35F2N3S/c1-4-20-11-23(34-9-7-19(2)8-10-34)5-6-24(20)27-17-35-28(33-27)16-32-18-29(3)14-21-12-25(30)26(31)13-22(21)15-29/h5-6,11-13,17,19,32H,4,7-10,14-16,18H2,1-3H3.